The Morgan fingerprint density at radius 1 is 1.35 bits per heavy atom. The zero-order valence-electron chi connectivity index (χ0n) is 8.75. The van der Waals surface area contributed by atoms with Crippen LogP contribution in [0.2, 0.25) is 0 Å². The summed E-state index contributed by atoms with van der Waals surface area (Å²) in [7, 11) is 0. The number of nitroso groups, excluding NO2 is 1. The van der Waals surface area contributed by atoms with Crippen molar-refractivity contribution in [2.45, 2.75) is 0 Å². The van der Waals surface area contributed by atoms with Crippen LogP contribution in [0.25, 0.3) is 11.3 Å². The molecule has 1 heterocycles. The van der Waals surface area contributed by atoms with E-state index in [1.54, 1.807) is 0 Å². The van der Waals surface area contributed by atoms with Gasteiger partial charge in [0.25, 0.3) is 0 Å². The van der Waals surface area contributed by atoms with Crippen molar-refractivity contribution in [3.63, 3.8) is 0 Å². The van der Waals surface area contributed by atoms with Gasteiger partial charge < -0.3 is 6.15 Å². The molecule has 0 bridgehead atoms. The lowest BCUT2D eigenvalue weighted by Crippen LogP contribution is -1.86. The highest BCUT2D eigenvalue weighted by Crippen LogP contribution is 2.31. The first kappa shape index (κ1) is 12.8. The number of anilines is 1. The standard InChI is InChI=1S/C10H6N4OS.H3N/c11-6-8-9(7-4-2-1-3-5-7)13-16-10(8)12-14-15;/h1-5H,(H,12,15);1H3. The van der Waals surface area contributed by atoms with E-state index in [-0.39, 0.29) is 6.15 Å². The molecule has 0 aliphatic heterocycles. The molecule has 0 saturated carbocycles. The highest BCUT2D eigenvalue weighted by Gasteiger charge is 2.14. The van der Waals surface area contributed by atoms with Gasteiger partial charge in [-0.3, -0.25) is 0 Å². The molecule has 17 heavy (non-hydrogen) atoms. The molecule has 1 aromatic carbocycles. The largest absolute Gasteiger partial charge is 0.344 e. The molecule has 1 aromatic heterocycles. The quantitative estimate of drug-likeness (QED) is 0.639. The molecule has 0 atom stereocenters. The van der Waals surface area contributed by atoms with Crippen molar-refractivity contribution in [2.75, 3.05) is 5.43 Å². The number of nitrogens with one attached hydrogen (secondary N) is 1. The molecule has 0 aliphatic rings. The lowest BCUT2D eigenvalue weighted by atomic mass is 10.1. The topological polar surface area (TPSA) is 113 Å². The van der Waals surface area contributed by atoms with Crippen LogP contribution in [0.4, 0.5) is 5.00 Å². The summed E-state index contributed by atoms with van der Waals surface area (Å²) in [5, 5.41) is 11.9. The Hall–Kier alpha value is -2.30. The molecular formula is C10H9N5OS. The van der Waals surface area contributed by atoms with E-state index in [0.29, 0.717) is 16.3 Å². The van der Waals surface area contributed by atoms with E-state index in [2.05, 4.69) is 15.1 Å². The van der Waals surface area contributed by atoms with Crippen LogP contribution < -0.4 is 11.6 Å². The summed E-state index contributed by atoms with van der Waals surface area (Å²) in [4.78, 5) is 10.1. The number of aromatic nitrogens is 1. The lowest BCUT2D eigenvalue weighted by Gasteiger charge is -1.96. The van der Waals surface area contributed by atoms with Gasteiger partial charge in [0.1, 0.15) is 17.3 Å². The zero-order valence-corrected chi connectivity index (χ0v) is 9.57. The second-order valence-electron chi connectivity index (χ2n) is 2.92. The monoisotopic (exact) mass is 247 g/mol. The molecule has 7 heteroatoms. The summed E-state index contributed by atoms with van der Waals surface area (Å²) in [5.41, 5.74) is 3.97. The second kappa shape index (κ2) is 5.69. The first-order valence-electron chi connectivity index (χ1n) is 4.40. The molecule has 0 unspecified atom stereocenters. The van der Waals surface area contributed by atoms with Crippen molar-refractivity contribution in [2.24, 2.45) is 5.29 Å². The van der Waals surface area contributed by atoms with Gasteiger partial charge in [-0.25, -0.2) is 5.43 Å². The molecule has 0 fully saturated rings. The summed E-state index contributed by atoms with van der Waals surface area (Å²) in [6.45, 7) is 0. The minimum atomic E-state index is 0. The van der Waals surface area contributed by atoms with Gasteiger partial charge in [-0.05, 0) is 11.5 Å². The summed E-state index contributed by atoms with van der Waals surface area (Å²) < 4.78 is 4.13. The molecule has 0 spiro atoms. The fourth-order valence-electron chi connectivity index (χ4n) is 1.30. The number of nitriles is 1. The number of hydrogen-bond donors (Lipinski definition) is 2. The number of rotatable bonds is 3. The van der Waals surface area contributed by atoms with Crippen molar-refractivity contribution in [3.05, 3.63) is 40.8 Å². The van der Waals surface area contributed by atoms with Crippen molar-refractivity contribution in [3.8, 4) is 17.3 Å². The normalized spacial score (nSPS) is 8.88. The summed E-state index contributed by atoms with van der Waals surface area (Å²) in [6.07, 6.45) is 0. The van der Waals surface area contributed by atoms with Crippen LogP contribution in [0.1, 0.15) is 5.56 Å². The van der Waals surface area contributed by atoms with Gasteiger partial charge in [0.2, 0.25) is 0 Å². The SMILES string of the molecule is N.N#Cc1c(-c2ccccc2)nsc1NN=O. The van der Waals surface area contributed by atoms with Gasteiger partial charge in [-0.15, -0.1) is 4.91 Å². The molecule has 2 rings (SSSR count). The predicted molar refractivity (Wildman–Crippen MR) is 66.7 cm³/mol. The zero-order chi connectivity index (χ0) is 11.4. The Morgan fingerprint density at radius 2 is 2.06 bits per heavy atom. The van der Waals surface area contributed by atoms with Gasteiger partial charge in [-0.2, -0.15) is 9.64 Å². The Kier molecular flexibility index (Phi) is 4.28. The van der Waals surface area contributed by atoms with E-state index in [0.717, 1.165) is 17.1 Å². The maximum Gasteiger partial charge on any atom is 0.151 e. The Morgan fingerprint density at radius 3 is 2.65 bits per heavy atom. The fraction of sp³-hybridized carbons (Fsp3) is 0. The highest BCUT2D eigenvalue weighted by atomic mass is 32.1. The molecule has 4 N–H and O–H groups in total. The Bertz CT molecular complexity index is 546. The van der Waals surface area contributed by atoms with Gasteiger partial charge in [0, 0.05) is 5.56 Å². The van der Waals surface area contributed by atoms with Gasteiger partial charge in [0.15, 0.2) is 5.00 Å². The van der Waals surface area contributed by atoms with Gasteiger partial charge >= 0.3 is 0 Å². The van der Waals surface area contributed by atoms with E-state index < -0.39 is 0 Å². The minimum Gasteiger partial charge on any atom is -0.344 e. The van der Waals surface area contributed by atoms with E-state index >= 15 is 0 Å². The average molecular weight is 247 g/mol. The molecule has 0 aliphatic carbocycles. The third-order valence-corrected chi connectivity index (χ3v) is 2.75. The number of hydrogen-bond acceptors (Lipinski definition) is 6. The smallest absolute Gasteiger partial charge is 0.151 e. The molecule has 6 nitrogen and oxygen atoms in total. The van der Waals surface area contributed by atoms with Crippen LogP contribution >= 0.6 is 11.5 Å². The van der Waals surface area contributed by atoms with E-state index in [1.807, 2.05) is 36.4 Å². The highest BCUT2D eigenvalue weighted by molar-refractivity contribution is 7.10. The van der Waals surface area contributed by atoms with Gasteiger partial charge in [0.05, 0.1) is 5.29 Å². The van der Waals surface area contributed by atoms with Crippen molar-refractivity contribution >= 4 is 16.5 Å². The van der Waals surface area contributed by atoms with Crippen LogP contribution in [-0.2, 0) is 0 Å². The van der Waals surface area contributed by atoms with Crippen LogP contribution in [-0.4, -0.2) is 4.37 Å². The molecule has 0 saturated heterocycles. The van der Waals surface area contributed by atoms with Crippen LogP contribution in [0.5, 0.6) is 0 Å². The first-order valence-corrected chi connectivity index (χ1v) is 5.17. The molecule has 0 radical (unpaired) electrons. The summed E-state index contributed by atoms with van der Waals surface area (Å²) >= 11 is 1.04. The van der Waals surface area contributed by atoms with E-state index in [9.17, 15) is 4.91 Å². The predicted octanol–water partition coefficient (Wildman–Crippen LogP) is 2.94. The Balaban J connectivity index is 0.00000144. The third kappa shape index (κ3) is 2.44. The van der Waals surface area contributed by atoms with E-state index in [4.69, 9.17) is 5.26 Å². The summed E-state index contributed by atoms with van der Waals surface area (Å²) in [5.74, 6) is 0. The third-order valence-electron chi connectivity index (χ3n) is 2.00. The van der Waals surface area contributed by atoms with Crippen molar-refractivity contribution < 1.29 is 0 Å². The molecule has 86 valence electrons. The first-order chi connectivity index (χ1) is 7.86. The number of nitrogens with zero attached hydrogens (tertiary/aromatic N) is 3. The van der Waals surface area contributed by atoms with E-state index in [1.165, 1.54) is 0 Å². The molecule has 0 amide bonds. The minimum absolute atomic E-state index is 0. The van der Waals surface area contributed by atoms with Crippen LogP contribution in [0.3, 0.4) is 0 Å². The average Bonchev–Trinajstić information content (AvgIpc) is 2.73. The maximum atomic E-state index is 10.1. The van der Waals surface area contributed by atoms with Crippen LogP contribution in [0.15, 0.2) is 35.6 Å². The van der Waals surface area contributed by atoms with Gasteiger partial charge in [-0.1, -0.05) is 30.3 Å². The molecule has 2 aromatic rings. The van der Waals surface area contributed by atoms with Crippen molar-refractivity contribution in [1.29, 1.82) is 5.26 Å². The fourth-order valence-corrected chi connectivity index (χ4v) is 2.00. The maximum absolute atomic E-state index is 10.1. The second-order valence-corrected chi connectivity index (χ2v) is 3.69. The lowest BCUT2D eigenvalue weighted by molar-refractivity contribution is 1.33. The van der Waals surface area contributed by atoms with Crippen LogP contribution in [0, 0.1) is 16.2 Å². The van der Waals surface area contributed by atoms with Crippen molar-refractivity contribution in [1.82, 2.24) is 10.5 Å². The summed E-state index contributed by atoms with van der Waals surface area (Å²) in [6, 6.07) is 11.3. The number of benzene rings is 1. The Labute approximate surface area is 102 Å². The molecular weight excluding hydrogens is 238 g/mol.